The molecule has 0 aliphatic rings. The van der Waals surface area contributed by atoms with E-state index in [2.05, 4.69) is 4.98 Å². The first kappa shape index (κ1) is 11.2. The molecule has 2 N–H and O–H groups in total. The molecular weight excluding hydrogens is 226 g/mol. The molecule has 1 heterocycles. The largest absolute Gasteiger partial charge is 0.490 e. The topological polar surface area (TPSA) is 62.3 Å². The van der Waals surface area contributed by atoms with Crippen molar-refractivity contribution < 1.29 is 13.5 Å². The van der Waals surface area contributed by atoms with Crippen LogP contribution in [0.4, 0.5) is 0 Å². The summed E-state index contributed by atoms with van der Waals surface area (Å²) in [7, 11) is 0. The Balaban J connectivity index is 2.63. The van der Waals surface area contributed by atoms with Gasteiger partial charge in [-0.3, -0.25) is 0 Å². The van der Waals surface area contributed by atoms with Crippen LogP contribution in [0, 0.1) is 0 Å². The fraction of sp³-hybridized carbons (Fsp3) is 0.273. The van der Waals surface area contributed by atoms with Gasteiger partial charge in [0.15, 0.2) is 11.1 Å². The highest BCUT2D eigenvalue weighted by molar-refractivity contribution is 7.79. The average molecular weight is 239 g/mol. The molecule has 0 saturated heterocycles. The molecule has 1 aromatic carbocycles. The van der Waals surface area contributed by atoms with Crippen molar-refractivity contribution in [1.82, 2.24) is 4.98 Å². The standard InChI is InChI=1S/C11H13NO3S/c1-7(2)15-9-5-3-4-8-11(9)10(6-12-8)16(13)14/h3-7,12H,1-2H3,(H,13,14). The number of fused-ring (bicyclic) bond motifs is 1. The summed E-state index contributed by atoms with van der Waals surface area (Å²) in [6.45, 7) is 3.84. The first-order valence-corrected chi connectivity index (χ1v) is 6.08. The van der Waals surface area contributed by atoms with Gasteiger partial charge in [0.2, 0.25) is 0 Å². The summed E-state index contributed by atoms with van der Waals surface area (Å²) in [5.74, 6) is 0.631. The minimum atomic E-state index is -2.01. The van der Waals surface area contributed by atoms with Crippen molar-refractivity contribution in [3.63, 3.8) is 0 Å². The van der Waals surface area contributed by atoms with Gasteiger partial charge in [-0.1, -0.05) is 6.07 Å². The molecule has 0 saturated carbocycles. The van der Waals surface area contributed by atoms with Gasteiger partial charge in [-0.15, -0.1) is 0 Å². The molecule has 0 aliphatic carbocycles. The maximum atomic E-state index is 11.1. The van der Waals surface area contributed by atoms with Gasteiger partial charge in [-0.2, -0.15) is 0 Å². The zero-order valence-corrected chi connectivity index (χ0v) is 9.88. The number of hydrogen-bond donors (Lipinski definition) is 2. The molecule has 0 amide bonds. The smallest absolute Gasteiger partial charge is 0.188 e. The van der Waals surface area contributed by atoms with Gasteiger partial charge in [-0.25, -0.2) is 4.21 Å². The van der Waals surface area contributed by atoms with Crippen molar-refractivity contribution in [1.29, 1.82) is 0 Å². The highest BCUT2D eigenvalue weighted by Crippen LogP contribution is 2.30. The van der Waals surface area contributed by atoms with Crippen molar-refractivity contribution >= 4 is 22.0 Å². The number of rotatable bonds is 3. The monoisotopic (exact) mass is 239 g/mol. The summed E-state index contributed by atoms with van der Waals surface area (Å²) in [4.78, 5) is 3.30. The summed E-state index contributed by atoms with van der Waals surface area (Å²) in [5.41, 5.74) is 0.801. The maximum Gasteiger partial charge on any atom is 0.188 e. The van der Waals surface area contributed by atoms with E-state index in [-0.39, 0.29) is 6.10 Å². The number of ether oxygens (including phenoxy) is 1. The van der Waals surface area contributed by atoms with Crippen LogP contribution in [0.3, 0.4) is 0 Å². The number of H-pyrrole nitrogens is 1. The first-order valence-electron chi connectivity index (χ1n) is 4.97. The lowest BCUT2D eigenvalue weighted by Gasteiger charge is -2.11. The molecule has 0 spiro atoms. The summed E-state index contributed by atoms with van der Waals surface area (Å²) >= 11 is -2.01. The lowest BCUT2D eigenvalue weighted by molar-refractivity contribution is 0.245. The van der Waals surface area contributed by atoms with Crippen molar-refractivity contribution in [3.8, 4) is 5.75 Å². The summed E-state index contributed by atoms with van der Waals surface area (Å²) in [6.07, 6.45) is 1.56. The number of benzene rings is 1. The van der Waals surface area contributed by atoms with E-state index in [1.807, 2.05) is 26.0 Å². The third-order valence-electron chi connectivity index (χ3n) is 2.18. The van der Waals surface area contributed by atoms with E-state index in [1.54, 1.807) is 6.07 Å². The van der Waals surface area contributed by atoms with Gasteiger partial charge in [0, 0.05) is 6.20 Å². The Morgan fingerprint density at radius 2 is 2.19 bits per heavy atom. The second kappa shape index (κ2) is 4.27. The zero-order valence-electron chi connectivity index (χ0n) is 9.06. The zero-order chi connectivity index (χ0) is 11.7. The second-order valence-corrected chi connectivity index (χ2v) is 4.69. The molecule has 16 heavy (non-hydrogen) atoms. The molecule has 0 bridgehead atoms. The minimum Gasteiger partial charge on any atom is -0.490 e. The van der Waals surface area contributed by atoms with Gasteiger partial charge >= 0.3 is 0 Å². The second-order valence-electron chi connectivity index (χ2n) is 3.75. The highest BCUT2D eigenvalue weighted by Gasteiger charge is 2.13. The minimum absolute atomic E-state index is 0.0282. The number of hydrogen-bond acceptors (Lipinski definition) is 2. The van der Waals surface area contributed by atoms with Crippen LogP contribution in [0.5, 0.6) is 5.75 Å². The summed E-state index contributed by atoms with van der Waals surface area (Å²) in [6, 6.07) is 5.49. The van der Waals surface area contributed by atoms with Gasteiger partial charge in [0.25, 0.3) is 0 Å². The SMILES string of the molecule is CC(C)Oc1cccc2[nH]cc(S(=O)O)c12. The Kier molecular flexibility index (Phi) is 2.98. The van der Waals surface area contributed by atoms with E-state index in [0.717, 1.165) is 5.52 Å². The molecule has 86 valence electrons. The number of nitrogens with one attached hydrogen (secondary N) is 1. The summed E-state index contributed by atoms with van der Waals surface area (Å²) in [5, 5.41) is 0.678. The van der Waals surface area contributed by atoms with Crippen LogP contribution in [0.2, 0.25) is 0 Å². The highest BCUT2D eigenvalue weighted by atomic mass is 32.2. The van der Waals surface area contributed by atoms with Gasteiger partial charge < -0.3 is 14.3 Å². The molecule has 1 atom stereocenters. The van der Waals surface area contributed by atoms with E-state index in [0.29, 0.717) is 16.0 Å². The van der Waals surface area contributed by atoms with E-state index in [9.17, 15) is 4.21 Å². The van der Waals surface area contributed by atoms with Crippen molar-refractivity contribution in [2.45, 2.75) is 24.8 Å². The molecule has 1 aromatic heterocycles. The molecule has 2 rings (SSSR count). The van der Waals surface area contributed by atoms with E-state index in [4.69, 9.17) is 9.29 Å². The van der Waals surface area contributed by atoms with Crippen LogP contribution in [0.1, 0.15) is 13.8 Å². The molecule has 0 aliphatic heterocycles. The van der Waals surface area contributed by atoms with Gasteiger partial charge in [0.1, 0.15) is 5.75 Å². The molecule has 1 unspecified atom stereocenters. The fourth-order valence-electron chi connectivity index (χ4n) is 1.61. The van der Waals surface area contributed by atoms with Crippen LogP contribution in [-0.2, 0) is 11.1 Å². The first-order chi connectivity index (χ1) is 7.59. The van der Waals surface area contributed by atoms with Crippen molar-refractivity contribution in [2.75, 3.05) is 0 Å². The number of aromatic nitrogens is 1. The predicted octanol–water partition coefficient (Wildman–Crippen LogP) is 2.54. The Morgan fingerprint density at radius 3 is 2.81 bits per heavy atom. The lowest BCUT2D eigenvalue weighted by atomic mass is 10.2. The van der Waals surface area contributed by atoms with E-state index < -0.39 is 11.1 Å². The van der Waals surface area contributed by atoms with Crippen LogP contribution in [0.25, 0.3) is 10.9 Å². The Bertz CT molecular complexity index is 533. The molecule has 4 nitrogen and oxygen atoms in total. The molecule has 0 fully saturated rings. The van der Waals surface area contributed by atoms with Crippen LogP contribution < -0.4 is 4.74 Å². The Labute approximate surface area is 95.9 Å². The Hall–Kier alpha value is -1.33. The van der Waals surface area contributed by atoms with E-state index in [1.165, 1.54) is 6.20 Å². The molecule has 0 radical (unpaired) electrons. The van der Waals surface area contributed by atoms with Crippen molar-refractivity contribution in [3.05, 3.63) is 24.4 Å². The fourth-order valence-corrected chi connectivity index (χ4v) is 2.16. The van der Waals surface area contributed by atoms with Crippen LogP contribution >= 0.6 is 0 Å². The molecular formula is C11H13NO3S. The third-order valence-corrected chi connectivity index (χ3v) is 2.88. The van der Waals surface area contributed by atoms with Crippen molar-refractivity contribution in [2.24, 2.45) is 0 Å². The van der Waals surface area contributed by atoms with E-state index >= 15 is 0 Å². The Morgan fingerprint density at radius 1 is 1.44 bits per heavy atom. The van der Waals surface area contributed by atoms with Gasteiger partial charge in [0.05, 0.1) is 21.9 Å². The van der Waals surface area contributed by atoms with Crippen LogP contribution in [0.15, 0.2) is 29.3 Å². The predicted molar refractivity (Wildman–Crippen MR) is 63.1 cm³/mol. The average Bonchev–Trinajstić information content (AvgIpc) is 2.61. The quantitative estimate of drug-likeness (QED) is 0.809. The third kappa shape index (κ3) is 1.96. The normalized spacial score (nSPS) is 13.2. The van der Waals surface area contributed by atoms with Crippen LogP contribution in [-0.4, -0.2) is 19.8 Å². The maximum absolute atomic E-state index is 11.1. The summed E-state index contributed by atoms with van der Waals surface area (Å²) < 4.78 is 25.9. The number of aromatic amines is 1. The molecule has 2 aromatic rings. The molecule has 5 heteroatoms. The lowest BCUT2D eigenvalue weighted by Crippen LogP contribution is -2.06. The van der Waals surface area contributed by atoms with Gasteiger partial charge in [-0.05, 0) is 26.0 Å².